The van der Waals surface area contributed by atoms with Crippen LogP contribution in [-0.4, -0.2) is 27.1 Å². The van der Waals surface area contributed by atoms with Crippen LogP contribution in [0.3, 0.4) is 0 Å². The van der Waals surface area contributed by atoms with Crippen LogP contribution in [-0.2, 0) is 10.0 Å². The molecule has 0 aliphatic heterocycles. The van der Waals surface area contributed by atoms with Crippen molar-refractivity contribution in [3.8, 4) is 5.75 Å². The van der Waals surface area contributed by atoms with E-state index in [2.05, 4.69) is 9.46 Å². The summed E-state index contributed by atoms with van der Waals surface area (Å²) in [5.74, 6) is -0.391. The summed E-state index contributed by atoms with van der Waals surface area (Å²) in [7, 11) is -4.02. The van der Waals surface area contributed by atoms with Crippen LogP contribution in [0.4, 0.5) is 8.78 Å². The van der Waals surface area contributed by atoms with Crippen molar-refractivity contribution in [1.82, 2.24) is 4.72 Å². The fraction of sp³-hybridized carbons (Fsp3) is 0.538. The van der Waals surface area contributed by atoms with Crippen LogP contribution < -0.4 is 15.2 Å². The zero-order chi connectivity index (χ0) is 16.1. The number of ether oxygens (including phenoxy) is 1. The molecule has 3 N–H and O–H groups in total. The molecule has 0 unspecified atom stereocenters. The van der Waals surface area contributed by atoms with E-state index >= 15 is 0 Å². The zero-order valence-electron chi connectivity index (χ0n) is 12.0. The Labute approximate surface area is 123 Å². The highest BCUT2D eigenvalue weighted by atomic mass is 32.2. The number of alkyl halides is 2. The molecule has 1 aromatic carbocycles. The van der Waals surface area contributed by atoms with Gasteiger partial charge in [0.15, 0.2) is 0 Å². The number of rotatable bonds is 8. The van der Waals surface area contributed by atoms with Crippen molar-refractivity contribution in [1.29, 1.82) is 0 Å². The number of nitrogens with one attached hydrogen (secondary N) is 1. The van der Waals surface area contributed by atoms with Gasteiger partial charge in [-0.05, 0) is 25.0 Å². The maximum atomic E-state index is 12.4. The molecular formula is C13H20F2N2O3S. The lowest BCUT2D eigenvalue weighted by molar-refractivity contribution is -0.0517. The fourth-order valence-electron chi connectivity index (χ4n) is 1.93. The summed E-state index contributed by atoms with van der Waals surface area (Å²) in [4.78, 5) is -0.329. The molecule has 0 aromatic heterocycles. The van der Waals surface area contributed by atoms with E-state index in [-0.39, 0.29) is 11.4 Å². The number of para-hydroxylation sites is 1. The lowest BCUT2D eigenvalue weighted by atomic mass is 9.95. The maximum absolute atomic E-state index is 12.4. The Morgan fingerprint density at radius 2 is 1.86 bits per heavy atom. The van der Waals surface area contributed by atoms with Crippen LogP contribution in [0, 0.1) is 0 Å². The van der Waals surface area contributed by atoms with Gasteiger partial charge in [0.2, 0.25) is 10.0 Å². The van der Waals surface area contributed by atoms with Crippen molar-refractivity contribution < 1.29 is 21.9 Å². The summed E-state index contributed by atoms with van der Waals surface area (Å²) >= 11 is 0. The molecular weight excluding hydrogens is 302 g/mol. The topological polar surface area (TPSA) is 81.4 Å². The molecule has 21 heavy (non-hydrogen) atoms. The van der Waals surface area contributed by atoms with Gasteiger partial charge < -0.3 is 10.5 Å². The minimum absolute atomic E-state index is 0.108. The second-order valence-corrected chi connectivity index (χ2v) is 6.27. The molecule has 0 bridgehead atoms. The maximum Gasteiger partial charge on any atom is 0.387 e. The van der Waals surface area contributed by atoms with Crippen LogP contribution in [0.1, 0.15) is 26.7 Å². The van der Waals surface area contributed by atoms with Gasteiger partial charge in [0.05, 0.1) is 0 Å². The second-order valence-electron chi connectivity index (χ2n) is 4.62. The van der Waals surface area contributed by atoms with Gasteiger partial charge in [-0.1, -0.05) is 26.0 Å². The molecule has 0 saturated carbocycles. The SMILES string of the molecule is CCC(CC)(CN)NS(=O)(=O)c1ccccc1OC(F)F. The van der Waals surface area contributed by atoms with Crippen molar-refractivity contribution in [2.45, 2.75) is 43.7 Å². The van der Waals surface area contributed by atoms with Crippen molar-refractivity contribution in [2.24, 2.45) is 5.73 Å². The Hall–Kier alpha value is -1.25. The van der Waals surface area contributed by atoms with Gasteiger partial charge in [0.25, 0.3) is 0 Å². The van der Waals surface area contributed by atoms with Crippen molar-refractivity contribution in [2.75, 3.05) is 6.54 Å². The van der Waals surface area contributed by atoms with E-state index in [1.807, 2.05) is 0 Å². The summed E-state index contributed by atoms with van der Waals surface area (Å²) in [5, 5.41) is 0. The Bertz CT molecular complexity index is 552. The zero-order valence-corrected chi connectivity index (χ0v) is 12.8. The average Bonchev–Trinajstić information content (AvgIpc) is 2.45. The van der Waals surface area contributed by atoms with E-state index in [0.717, 1.165) is 0 Å². The highest BCUT2D eigenvalue weighted by Gasteiger charge is 2.32. The van der Waals surface area contributed by atoms with Gasteiger partial charge in [0.1, 0.15) is 10.6 Å². The predicted octanol–water partition coefficient (Wildman–Crippen LogP) is 2.08. The number of hydrogen-bond acceptors (Lipinski definition) is 4. The number of sulfonamides is 1. The van der Waals surface area contributed by atoms with Crippen LogP contribution in [0.25, 0.3) is 0 Å². The van der Waals surface area contributed by atoms with Crippen LogP contribution in [0.5, 0.6) is 5.75 Å². The van der Waals surface area contributed by atoms with Gasteiger partial charge in [0, 0.05) is 12.1 Å². The number of hydrogen-bond donors (Lipinski definition) is 2. The first-order chi connectivity index (χ1) is 9.80. The summed E-state index contributed by atoms with van der Waals surface area (Å²) in [6, 6.07) is 5.26. The third-order valence-electron chi connectivity index (χ3n) is 3.45. The van der Waals surface area contributed by atoms with Crippen molar-refractivity contribution in [3.05, 3.63) is 24.3 Å². The summed E-state index contributed by atoms with van der Waals surface area (Å²) in [6.45, 7) is 0.621. The third kappa shape index (κ3) is 4.36. The molecule has 1 aromatic rings. The first-order valence-electron chi connectivity index (χ1n) is 6.58. The van der Waals surface area contributed by atoms with E-state index in [1.54, 1.807) is 13.8 Å². The smallest absolute Gasteiger partial charge is 0.387 e. The molecule has 0 saturated heterocycles. The third-order valence-corrected chi connectivity index (χ3v) is 5.07. The summed E-state index contributed by atoms with van der Waals surface area (Å²) in [5.41, 5.74) is 4.85. The Morgan fingerprint density at radius 1 is 1.29 bits per heavy atom. The molecule has 0 amide bonds. The van der Waals surface area contributed by atoms with Crippen LogP contribution in [0.15, 0.2) is 29.2 Å². The molecule has 8 heteroatoms. The van der Waals surface area contributed by atoms with E-state index < -0.39 is 27.9 Å². The second kappa shape index (κ2) is 7.15. The highest BCUT2D eigenvalue weighted by Crippen LogP contribution is 2.27. The predicted molar refractivity (Wildman–Crippen MR) is 75.8 cm³/mol. The molecule has 1 rings (SSSR count). The largest absolute Gasteiger partial charge is 0.433 e. The number of benzene rings is 1. The summed E-state index contributed by atoms with van der Waals surface area (Å²) < 4.78 is 56.4. The van der Waals surface area contributed by atoms with Gasteiger partial charge in [-0.25, -0.2) is 13.1 Å². The molecule has 0 atom stereocenters. The van der Waals surface area contributed by atoms with E-state index in [4.69, 9.17) is 5.73 Å². The van der Waals surface area contributed by atoms with Crippen LogP contribution in [0.2, 0.25) is 0 Å². The van der Waals surface area contributed by atoms with Crippen LogP contribution >= 0.6 is 0 Å². The Kier molecular flexibility index (Phi) is 6.06. The van der Waals surface area contributed by atoms with E-state index in [1.165, 1.54) is 24.3 Å². The minimum Gasteiger partial charge on any atom is -0.433 e. The first kappa shape index (κ1) is 17.8. The van der Waals surface area contributed by atoms with Gasteiger partial charge >= 0.3 is 6.61 Å². The fourth-order valence-corrected chi connectivity index (χ4v) is 3.62. The Morgan fingerprint density at radius 3 is 2.33 bits per heavy atom. The molecule has 0 heterocycles. The number of halogens is 2. The number of nitrogens with two attached hydrogens (primary N) is 1. The molecule has 0 aliphatic carbocycles. The lowest BCUT2D eigenvalue weighted by Gasteiger charge is -2.31. The highest BCUT2D eigenvalue weighted by molar-refractivity contribution is 7.89. The normalized spacial score (nSPS) is 12.7. The molecule has 0 spiro atoms. The summed E-state index contributed by atoms with van der Waals surface area (Å²) in [6.07, 6.45) is 0.966. The molecule has 0 fully saturated rings. The minimum atomic E-state index is -4.02. The molecule has 0 radical (unpaired) electrons. The molecule has 120 valence electrons. The average molecular weight is 322 g/mol. The standard InChI is InChI=1S/C13H20F2N2O3S/c1-3-13(4-2,9-16)17-21(18,19)11-8-6-5-7-10(11)20-12(14)15/h5-8,12,17H,3-4,9,16H2,1-2H3. The molecule has 0 aliphatic rings. The van der Waals surface area contributed by atoms with Gasteiger partial charge in [-0.3, -0.25) is 0 Å². The lowest BCUT2D eigenvalue weighted by Crippen LogP contribution is -2.52. The van der Waals surface area contributed by atoms with Gasteiger partial charge in [-0.15, -0.1) is 0 Å². The van der Waals surface area contributed by atoms with E-state index in [9.17, 15) is 17.2 Å². The Balaban J connectivity index is 3.19. The first-order valence-corrected chi connectivity index (χ1v) is 8.06. The van der Waals surface area contributed by atoms with Gasteiger partial charge in [-0.2, -0.15) is 8.78 Å². The monoisotopic (exact) mass is 322 g/mol. The van der Waals surface area contributed by atoms with Crippen molar-refractivity contribution >= 4 is 10.0 Å². The van der Waals surface area contributed by atoms with E-state index in [0.29, 0.717) is 12.8 Å². The quantitative estimate of drug-likeness (QED) is 0.768. The van der Waals surface area contributed by atoms with Crippen molar-refractivity contribution in [3.63, 3.8) is 0 Å². The molecule has 5 nitrogen and oxygen atoms in total.